The van der Waals surface area contributed by atoms with Crippen molar-refractivity contribution >= 4 is 73.0 Å². The maximum Gasteiger partial charge on any atom is 0.227 e. The standard InChI is InChI=1S/C52H36N2O2/c1-3-13-38-30-42(26-20-34(38)4-2)54(41-24-21-36(22-25-41)35-14-7-5-8-15-35)43-27-29-48-45(33-43)46-31-39-18-11-12-19-44(39)50(51(46)55-48)40-23-28-47-49(32-40)56-52(53-47)37-16-9-6-10-17-37/h3-33H,2H2,1H3/b13-3-. The molecule has 0 radical (unpaired) electrons. The van der Waals surface area contributed by atoms with E-state index in [-0.39, 0.29) is 0 Å². The molecule has 56 heavy (non-hydrogen) atoms. The van der Waals surface area contributed by atoms with Gasteiger partial charge >= 0.3 is 0 Å². The number of hydrogen-bond donors (Lipinski definition) is 0. The number of anilines is 3. The van der Waals surface area contributed by atoms with Crippen LogP contribution >= 0.6 is 0 Å². The number of benzene rings is 8. The molecular weight excluding hydrogens is 685 g/mol. The first-order valence-electron chi connectivity index (χ1n) is 18.8. The van der Waals surface area contributed by atoms with E-state index in [2.05, 4.69) is 151 Å². The van der Waals surface area contributed by atoms with E-state index in [1.807, 2.05) is 55.5 Å². The molecule has 0 amide bonds. The Balaban J connectivity index is 1.15. The van der Waals surface area contributed by atoms with Gasteiger partial charge in [0.2, 0.25) is 5.89 Å². The number of rotatable bonds is 8. The topological polar surface area (TPSA) is 42.4 Å². The summed E-state index contributed by atoms with van der Waals surface area (Å²) in [5.41, 5.74) is 13.9. The molecule has 0 aliphatic rings. The third kappa shape index (κ3) is 5.76. The van der Waals surface area contributed by atoms with E-state index in [1.54, 1.807) is 0 Å². The van der Waals surface area contributed by atoms with Gasteiger partial charge in [-0.05, 0) is 118 Å². The van der Waals surface area contributed by atoms with Gasteiger partial charge in [0.1, 0.15) is 16.7 Å². The maximum absolute atomic E-state index is 6.84. The molecular formula is C52H36N2O2. The predicted octanol–water partition coefficient (Wildman–Crippen LogP) is 15.0. The van der Waals surface area contributed by atoms with Gasteiger partial charge < -0.3 is 13.7 Å². The van der Waals surface area contributed by atoms with Crippen LogP contribution in [0.4, 0.5) is 17.1 Å². The molecule has 4 nitrogen and oxygen atoms in total. The van der Waals surface area contributed by atoms with E-state index in [9.17, 15) is 0 Å². The third-order valence-electron chi connectivity index (χ3n) is 10.6. The molecule has 0 unspecified atom stereocenters. The molecule has 0 N–H and O–H groups in total. The van der Waals surface area contributed by atoms with Crippen molar-refractivity contribution in [2.45, 2.75) is 6.92 Å². The predicted molar refractivity (Wildman–Crippen MR) is 235 cm³/mol. The van der Waals surface area contributed by atoms with Gasteiger partial charge in [-0.3, -0.25) is 0 Å². The average molecular weight is 721 g/mol. The molecule has 0 saturated carbocycles. The molecule has 266 valence electrons. The molecule has 0 aliphatic heterocycles. The minimum atomic E-state index is 0.605. The van der Waals surface area contributed by atoms with Gasteiger partial charge in [-0.2, -0.15) is 0 Å². The first kappa shape index (κ1) is 33.2. The lowest BCUT2D eigenvalue weighted by Gasteiger charge is -2.26. The third-order valence-corrected chi connectivity index (χ3v) is 10.6. The van der Waals surface area contributed by atoms with Crippen LogP contribution < -0.4 is 4.90 Å². The van der Waals surface area contributed by atoms with Crippen LogP contribution in [-0.2, 0) is 0 Å². The van der Waals surface area contributed by atoms with Crippen LogP contribution in [0, 0.1) is 0 Å². The van der Waals surface area contributed by atoms with E-state index < -0.39 is 0 Å². The summed E-state index contributed by atoms with van der Waals surface area (Å²) in [7, 11) is 0. The van der Waals surface area contributed by atoms with Gasteiger partial charge in [-0.15, -0.1) is 0 Å². The largest absolute Gasteiger partial charge is 0.455 e. The number of furan rings is 1. The van der Waals surface area contributed by atoms with E-state index in [4.69, 9.17) is 13.8 Å². The Morgan fingerprint density at radius 1 is 0.518 bits per heavy atom. The van der Waals surface area contributed by atoms with Crippen LogP contribution in [0.15, 0.2) is 191 Å². The second-order valence-corrected chi connectivity index (χ2v) is 14.0. The Morgan fingerprint density at radius 2 is 1.20 bits per heavy atom. The van der Waals surface area contributed by atoms with E-state index in [1.165, 1.54) is 11.1 Å². The molecule has 4 heteroatoms. The number of hydrogen-bond acceptors (Lipinski definition) is 4. The van der Waals surface area contributed by atoms with Crippen LogP contribution in [0.1, 0.15) is 18.1 Å². The van der Waals surface area contributed by atoms with Gasteiger partial charge in [0.15, 0.2) is 5.58 Å². The monoisotopic (exact) mass is 720 g/mol. The summed E-state index contributed by atoms with van der Waals surface area (Å²) in [6.07, 6.45) is 6.11. The van der Waals surface area contributed by atoms with Crippen molar-refractivity contribution in [3.63, 3.8) is 0 Å². The maximum atomic E-state index is 6.84. The van der Waals surface area contributed by atoms with E-state index in [0.717, 1.165) is 88.7 Å². The molecule has 0 aliphatic carbocycles. The van der Waals surface area contributed by atoms with Crippen LogP contribution in [-0.4, -0.2) is 4.98 Å². The number of oxazole rings is 1. The van der Waals surface area contributed by atoms with Crippen LogP contribution in [0.3, 0.4) is 0 Å². The molecule has 2 heterocycles. The van der Waals surface area contributed by atoms with Crippen molar-refractivity contribution in [2.24, 2.45) is 0 Å². The lowest BCUT2D eigenvalue weighted by molar-refractivity contribution is 0.620. The average Bonchev–Trinajstić information content (AvgIpc) is 3.85. The highest BCUT2D eigenvalue weighted by Gasteiger charge is 2.21. The summed E-state index contributed by atoms with van der Waals surface area (Å²) in [6, 6.07) is 59.4. The highest BCUT2D eigenvalue weighted by molar-refractivity contribution is 6.19. The number of fused-ring (bicyclic) bond motifs is 5. The van der Waals surface area contributed by atoms with Crippen LogP contribution in [0.2, 0.25) is 0 Å². The van der Waals surface area contributed by atoms with Gasteiger partial charge in [-0.1, -0.05) is 122 Å². The fourth-order valence-corrected chi connectivity index (χ4v) is 7.86. The van der Waals surface area contributed by atoms with Crippen molar-refractivity contribution < 1.29 is 8.83 Å². The number of nitrogens with zero attached hydrogens (tertiary/aromatic N) is 2. The lowest BCUT2D eigenvalue weighted by Crippen LogP contribution is -2.10. The second-order valence-electron chi connectivity index (χ2n) is 14.0. The van der Waals surface area contributed by atoms with Crippen LogP contribution in [0.5, 0.6) is 0 Å². The first-order valence-corrected chi connectivity index (χ1v) is 18.8. The summed E-state index contributed by atoms with van der Waals surface area (Å²) < 4.78 is 13.2. The van der Waals surface area contributed by atoms with Crippen molar-refractivity contribution in [1.82, 2.24) is 4.98 Å². The zero-order chi connectivity index (χ0) is 37.6. The molecule has 0 saturated heterocycles. The van der Waals surface area contributed by atoms with E-state index >= 15 is 0 Å². The summed E-state index contributed by atoms with van der Waals surface area (Å²) >= 11 is 0. The van der Waals surface area contributed by atoms with E-state index in [0.29, 0.717) is 5.89 Å². The molecule has 10 rings (SSSR count). The highest BCUT2D eigenvalue weighted by atomic mass is 16.3. The fraction of sp³-hybridized carbons (Fsp3) is 0.0192. The summed E-state index contributed by atoms with van der Waals surface area (Å²) in [4.78, 5) is 7.11. The molecule has 0 bridgehead atoms. The molecule has 0 fully saturated rings. The SMILES string of the molecule is C=Cc1ccc(N(c2ccc(-c3ccccc3)cc2)c2ccc3oc4c(-c5ccc6nc(-c7ccccc7)oc6c5)c5ccccc5cc4c3c2)cc1/C=C\C. The van der Waals surface area contributed by atoms with Crippen molar-refractivity contribution in [3.8, 4) is 33.7 Å². The first-order chi connectivity index (χ1) is 27.6. The summed E-state index contributed by atoms with van der Waals surface area (Å²) in [5, 5.41) is 4.34. The van der Waals surface area contributed by atoms with Crippen molar-refractivity contribution in [1.29, 1.82) is 0 Å². The zero-order valence-electron chi connectivity index (χ0n) is 30.8. The molecule has 10 aromatic rings. The smallest absolute Gasteiger partial charge is 0.227 e. The normalized spacial score (nSPS) is 11.7. The number of allylic oxidation sites excluding steroid dienone is 1. The Bertz CT molecular complexity index is 3100. The highest BCUT2D eigenvalue weighted by Crippen LogP contribution is 2.45. The molecule has 0 atom stereocenters. The molecule has 0 spiro atoms. The second kappa shape index (κ2) is 13.8. The van der Waals surface area contributed by atoms with Gasteiger partial charge in [-0.25, -0.2) is 4.98 Å². The van der Waals surface area contributed by atoms with Gasteiger partial charge in [0, 0.05) is 39.0 Å². The Morgan fingerprint density at radius 3 is 1.98 bits per heavy atom. The van der Waals surface area contributed by atoms with Gasteiger partial charge in [0.05, 0.1) is 0 Å². The van der Waals surface area contributed by atoms with Gasteiger partial charge in [0.25, 0.3) is 0 Å². The summed E-state index contributed by atoms with van der Waals surface area (Å²) in [5.74, 6) is 0.605. The zero-order valence-corrected chi connectivity index (χ0v) is 30.8. The molecule has 2 aromatic heterocycles. The Kier molecular flexibility index (Phi) is 8.15. The van der Waals surface area contributed by atoms with Crippen molar-refractivity contribution in [3.05, 3.63) is 194 Å². The number of aromatic nitrogens is 1. The minimum Gasteiger partial charge on any atom is -0.455 e. The quantitative estimate of drug-likeness (QED) is 0.157. The van der Waals surface area contributed by atoms with Crippen molar-refractivity contribution in [2.75, 3.05) is 4.90 Å². The fourth-order valence-electron chi connectivity index (χ4n) is 7.86. The minimum absolute atomic E-state index is 0.605. The Hall–Kier alpha value is -7.43. The molecule has 8 aromatic carbocycles. The summed E-state index contributed by atoms with van der Waals surface area (Å²) in [6.45, 7) is 6.12. The van der Waals surface area contributed by atoms with Crippen LogP contribution in [0.25, 0.3) is 89.7 Å². The Labute approximate surface area is 324 Å². The lowest BCUT2D eigenvalue weighted by atomic mass is 9.95.